The van der Waals surface area contributed by atoms with Gasteiger partial charge in [-0.25, -0.2) is 0 Å². The number of halogens is 1. The molecule has 1 N–H and O–H groups in total. The zero-order valence-electron chi connectivity index (χ0n) is 13.5. The Balaban J connectivity index is 1.69. The van der Waals surface area contributed by atoms with Gasteiger partial charge in [-0.3, -0.25) is 9.59 Å². The van der Waals surface area contributed by atoms with Crippen molar-refractivity contribution in [1.82, 2.24) is 14.8 Å². The fraction of sp³-hybridized carbons (Fsp3) is 0.278. The van der Waals surface area contributed by atoms with Gasteiger partial charge in [0.05, 0.1) is 18.5 Å². The summed E-state index contributed by atoms with van der Waals surface area (Å²) in [5.74, 6) is -0.229. The molecule has 2 aromatic rings. The lowest BCUT2D eigenvalue weighted by molar-refractivity contribution is -0.133. The molecule has 2 heterocycles. The summed E-state index contributed by atoms with van der Waals surface area (Å²) >= 11 is 3.44. The Bertz CT molecular complexity index is 890. The Morgan fingerprint density at radius 1 is 1.44 bits per heavy atom. The summed E-state index contributed by atoms with van der Waals surface area (Å²) in [6.45, 7) is 4.64. The molecule has 0 bridgehead atoms. The number of carbonyl (C=O) groups excluding carboxylic acids is 2. The van der Waals surface area contributed by atoms with Gasteiger partial charge in [0.25, 0.3) is 0 Å². The molecule has 0 aliphatic carbocycles. The second kappa shape index (κ2) is 7.11. The fourth-order valence-corrected chi connectivity index (χ4v) is 3.37. The van der Waals surface area contributed by atoms with Crippen molar-refractivity contribution in [3.8, 4) is 6.07 Å². The molecule has 128 valence electrons. The number of nitrogens with one attached hydrogen (secondary N) is 1. The molecule has 1 aromatic heterocycles. The second-order valence-electron chi connectivity index (χ2n) is 5.99. The molecule has 1 fully saturated rings. The monoisotopic (exact) mass is 400 g/mol. The highest BCUT2D eigenvalue weighted by atomic mass is 79.9. The molecule has 1 aliphatic rings. The Hall–Kier alpha value is -2.59. The molecule has 1 aliphatic heterocycles. The van der Waals surface area contributed by atoms with E-state index in [0.717, 1.165) is 20.9 Å². The third kappa shape index (κ3) is 3.59. The van der Waals surface area contributed by atoms with Crippen molar-refractivity contribution in [3.05, 3.63) is 47.1 Å². The Labute approximate surface area is 153 Å². The number of benzene rings is 1. The van der Waals surface area contributed by atoms with E-state index in [-0.39, 0.29) is 24.4 Å². The molecule has 0 radical (unpaired) electrons. The quantitative estimate of drug-likeness (QED) is 0.779. The van der Waals surface area contributed by atoms with E-state index in [2.05, 4.69) is 33.9 Å². The highest BCUT2D eigenvalue weighted by molar-refractivity contribution is 9.10. The maximum atomic E-state index is 12.3. The van der Waals surface area contributed by atoms with Crippen LogP contribution in [0.4, 0.5) is 0 Å². The molecule has 3 rings (SSSR count). The van der Waals surface area contributed by atoms with Gasteiger partial charge in [-0.2, -0.15) is 5.26 Å². The van der Waals surface area contributed by atoms with E-state index in [1.807, 2.05) is 29.0 Å². The fourth-order valence-electron chi connectivity index (χ4n) is 3.01. The predicted molar refractivity (Wildman–Crippen MR) is 97.7 cm³/mol. The Morgan fingerprint density at radius 3 is 2.88 bits per heavy atom. The number of fused-ring (bicyclic) bond motifs is 1. The van der Waals surface area contributed by atoms with E-state index in [0.29, 0.717) is 19.5 Å². The lowest BCUT2D eigenvalue weighted by Crippen LogP contribution is -2.61. The minimum atomic E-state index is -0.117. The van der Waals surface area contributed by atoms with Gasteiger partial charge in [-0.15, -0.1) is 0 Å². The maximum absolute atomic E-state index is 12.3. The van der Waals surface area contributed by atoms with Gasteiger partial charge in [0.15, 0.2) is 0 Å². The van der Waals surface area contributed by atoms with Gasteiger partial charge in [0.1, 0.15) is 6.54 Å². The molecule has 0 unspecified atom stereocenters. The molecule has 6 nitrogen and oxygen atoms in total. The van der Waals surface area contributed by atoms with Gasteiger partial charge in [0, 0.05) is 34.7 Å². The van der Waals surface area contributed by atoms with Crippen LogP contribution >= 0.6 is 15.9 Å². The largest absolute Gasteiger partial charge is 0.348 e. The molecule has 0 saturated carbocycles. The molecule has 25 heavy (non-hydrogen) atoms. The maximum Gasteiger partial charge on any atom is 0.246 e. The standard InChI is InChI=1S/C18H17BrN4O2/c1-2-18(25)23-9-14(10-23)21-17(24)11-22-8-12(5-6-20)15-7-13(19)3-4-16(15)22/h2-4,7-8,14H,1,5,9-11H2,(H,21,24). The van der Waals surface area contributed by atoms with E-state index < -0.39 is 0 Å². The first-order chi connectivity index (χ1) is 12.0. The van der Waals surface area contributed by atoms with Crippen molar-refractivity contribution >= 4 is 38.6 Å². The second-order valence-corrected chi connectivity index (χ2v) is 6.91. The number of rotatable bonds is 5. The third-order valence-corrected chi connectivity index (χ3v) is 4.74. The number of likely N-dealkylation sites (tertiary alicyclic amines) is 1. The van der Waals surface area contributed by atoms with Crippen molar-refractivity contribution in [2.24, 2.45) is 0 Å². The first-order valence-electron chi connectivity index (χ1n) is 7.86. The van der Waals surface area contributed by atoms with Crippen molar-refractivity contribution in [3.63, 3.8) is 0 Å². The SMILES string of the molecule is C=CC(=O)N1CC(NC(=O)Cn2cc(CC#N)c3cc(Br)ccc32)C1. The normalized spacial score (nSPS) is 14.0. The first kappa shape index (κ1) is 17.2. The zero-order valence-corrected chi connectivity index (χ0v) is 15.1. The summed E-state index contributed by atoms with van der Waals surface area (Å²) in [7, 11) is 0. The van der Waals surface area contributed by atoms with Gasteiger partial charge in [0.2, 0.25) is 11.8 Å². The van der Waals surface area contributed by atoms with Crippen molar-refractivity contribution in [2.45, 2.75) is 19.0 Å². The van der Waals surface area contributed by atoms with Crippen molar-refractivity contribution in [2.75, 3.05) is 13.1 Å². The van der Waals surface area contributed by atoms with Crippen LogP contribution in [0.5, 0.6) is 0 Å². The lowest BCUT2D eigenvalue weighted by atomic mass is 10.1. The number of nitriles is 1. The van der Waals surface area contributed by atoms with Crippen molar-refractivity contribution < 1.29 is 9.59 Å². The summed E-state index contributed by atoms with van der Waals surface area (Å²) < 4.78 is 2.79. The van der Waals surface area contributed by atoms with E-state index in [1.54, 1.807) is 4.90 Å². The number of hydrogen-bond acceptors (Lipinski definition) is 3. The molecular weight excluding hydrogens is 384 g/mol. The van der Waals surface area contributed by atoms with E-state index in [4.69, 9.17) is 5.26 Å². The minimum absolute atomic E-state index is 0.0223. The van der Waals surface area contributed by atoms with E-state index in [1.165, 1.54) is 6.08 Å². The summed E-state index contributed by atoms with van der Waals surface area (Å²) in [4.78, 5) is 25.4. The molecule has 1 aromatic carbocycles. The molecule has 0 atom stereocenters. The van der Waals surface area contributed by atoms with Crippen molar-refractivity contribution in [1.29, 1.82) is 5.26 Å². The summed E-state index contributed by atoms with van der Waals surface area (Å²) in [5.41, 5.74) is 1.82. The number of hydrogen-bond donors (Lipinski definition) is 1. The number of aromatic nitrogens is 1. The lowest BCUT2D eigenvalue weighted by Gasteiger charge is -2.38. The van der Waals surface area contributed by atoms with Crippen LogP contribution in [0, 0.1) is 11.3 Å². The van der Waals surface area contributed by atoms with Crippen LogP contribution in [0.25, 0.3) is 10.9 Å². The highest BCUT2D eigenvalue weighted by Crippen LogP contribution is 2.25. The topological polar surface area (TPSA) is 78.1 Å². The van der Waals surface area contributed by atoms with Gasteiger partial charge in [-0.1, -0.05) is 22.5 Å². The Kier molecular flexibility index (Phi) is 4.91. The zero-order chi connectivity index (χ0) is 18.0. The van der Waals surface area contributed by atoms with Crippen LogP contribution in [0.15, 0.2) is 41.5 Å². The van der Waals surface area contributed by atoms with E-state index in [9.17, 15) is 9.59 Å². The average molecular weight is 401 g/mol. The van der Waals surface area contributed by atoms with E-state index >= 15 is 0 Å². The Morgan fingerprint density at radius 2 is 2.20 bits per heavy atom. The third-order valence-electron chi connectivity index (χ3n) is 4.24. The van der Waals surface area contributed by atoms with Crippen LogP contribution in [-0.2, 0) is 22.6 Å². The molecule has 1 saturated heterocycles. The number of carbonyl (C=O) groups is 2. The van der Waals surface area contributed by atoms with Crippen LogP contribution in [0.1, 0.15) is 5.56 Å². The van der Waals surface area contributed by atoms with Crippen LogP contribution in [-0.4, -0.2) is 40.4 Å². The smallest absolute Gasteiger partial charge is 0.246 e. The van der Waals surface area contributed by atoms with Crippen LogP contribution in [0.3, 0.4) is 0 Å². The number of amides is 2. The summed E-state index contributed by atoms with van der Waals surface area (Å²) in [6.07, 6.45) is 3.43. The molecular formula is C18H17BrN4O2. The van der Waals surface area contributed by atoms with Gasteiger partial charge in [-0.05, 0) is 29.8 Å². The summed E-state index contributed by atoms with van der Waals surface area (Å²) in [6, 6.07) is 7.94. The molecule has 7 heteroatoms. The predicted octanol–water partition coefficient (Wildman–Crippen LogP) is 1.98. The molecule has 2 amide bonds. The van der Waals surface area contributed by atoms with Crippen LogP contribution in [0.2, 0.25) is 0 Å². The van der Waals surface area contributed by atoms with Gasteiger partial charge < -0.3 is 14.8 Å². The molecule has 0 spiro atoms. The van der Waals surface area contributed by atoms with Crippen LogP contribution < -0.4 is 5.32 Å². The number of nitrogens with zero attached hydrogens (tertiary/aromatic N) is 3. The average Bonchev–Trinajstić information content (AvgIpc) is 2.87. The van der Waals surface area contributed by atoms with Gasteiger partial charge >= 0.3 is 0 Å². The highest BCUT2D eigenvalue weighted by Gasteiger charge is 2.30. The first-order valence-corrected chi connectivity index (χ1v) is 8.66. The minimum Gasteiger partial charge on any atom is -0.348 e. The summed E-state index contributed by atoms with van der Waals surface area (Å²) in [5, 5.41) is 12.9.